The van der Waals surface area contributed by atoms with Crippen molar-refractivity contribution in [2.75, 3.05) is 13.1 Å². The second kappa shape index (κ2) is 5.89. The molecule has 0 aliphatic carbocycles. The number of amides is 1. The maximum atomic E-state index is 11.9. The van der Waals surface area contributed by atoms with Crippen LogP contribution in [0.4, 0.5) is 4.79 Å². The first kappa shape index (κ1) is 14.5. The number of aliphatic carboxylic acids is 1. The van der Waals surface area contributed by atoms with Gasteiger partial charge in [-0.15, -0.1) is 0 Å². The van der Waals surface area contributed by atoms with Gasteiger partial charge in [-0.25, -0.2) is 4.79 Å². The van der Waals surface area contributed by atoms with Gasteiger partial charge in [-0.3, -0.25) is 4.79 Å². The van der Waals surface area contributed by atoms with Crippen LogP contribution in [0.1, 0.15) is 33.6 Å². The van der Waals surface area contributed by atoms with Crippen LogP contribution < -0.4 is 0 Å². The number of rotatable bonds is 3. The molecule has 0 fully saturated rings. The van der Waals surface area contributed by atoms with Gasteiger partial charge >= 0.3 is 12.1 Å². The van der Waals surface area contributed by atoms with E-state index in [1.165, 1.54) is 0 Å². The summed E-state index contributed by atoms with van der Waals surface area (Å²) in [7, 11) is 0. The predicted molar refractivity (Wildman–Crippen MR) is 67.3 cm³/mol. The molecule has 0 aromatic heterocycles. The van der Waals surface area contributed by atoms with Crippen LogP contribution in [0.2, 0.25) is 0 Å². The smallest absolute Gasteiger partial charge is 0.410 e. The highest BCUT2D eigenvalue weighted by atomic mass is 16.6. The summed E-state index contributed by atoms with van der Waals surface area (Å²) in [6.45, 7) is 6.53. The first-order chi connectivity index (χ1) is 8.28. The molecule has 0 radical (unpaired) electrons. The number of carbonyl (C=O) groups excluding carboxylic acids is 1. The molecular formula is C13H21NO4. The van der Waals surface area contributed by atoms with Crippen molar-refractivity contribution in [1.82, 2.24) is 4.90 Å². The third-order valence-corrected chi connectivity index (χ3v) is 2.57. The number of hydrogen-bond donors (Lipinski definition) is 1. The number of ether oxygens (including phenoxy) is 1. The van der Waals surface area contributed by atoms with Crippen molar-refractivity contribution in [2.45, 2.75) is 39.2 Å². The van der Waals surface area contributed by atoms with Crippen LogP contribution in [-0.2, 0) is 9.53 Å². The highest BCUT2D eigenvalue weighted by Crippen LogP contribution is 2.18. The normalized spacial score (nSPS) is 19.7. The molecule has 0 saturated carbocycles. The molecule has 1 N–H and O–H groups in total. The van der Waals surface area contributed by atoms with Gasteiger partial charge < -0.3 is 14.7 Å². The van der Waals surface area contributed by atoms with Gasteiger partial charge in [0.05, 0.1) is 0 Å². The summed E-state index contributed by atoms with van der Waals surface area (Å²) in [6, 6.07) is 0. The van der Waals surface area contributed by atoms with Crippen LogP contribution in [0.25, 0.3) is 0 Å². The SMILES string of the molecule is CC(C)(C)OC(=O)N1CC=CC(CCC(=O)O)C1. The molecule has 0 spiro atoms. The molecule has 1 atom stereocenters. The summed E-state index contributed by atoms with van der Waals surface area (Å²) in [5, 5.41) is 8.64. The largest absolute Gasteiger partial charge is 0.481 e. The van der Waals surface area contributed by atoms with E-state index in [-0.39, 0.29) is 18.4 Å². The maximum absolute atomic E-state index is 11.9. The first-order valence-corrected chi connectivity index (χ1v) is 6.14. The zero-order valence-corrected chi connectivity index (χ0v) is 11.2. The van der Waals surface area contributed by atoms with E-state index in [1.54, 1.807) is 4.90 Å². The van der Waals surface area contributed by atoms with E-state index < -0.39 is 11.6 Å². The number of carbonyl (C=O) groups is 2. The van der Waals surface area contributed by atoms with Crippen LogP contribution in [0.15, 0.2) is 12.2 Å². The van der Waals surface area contributed by atoms with Crippen LogP contribution in [0, 0.1) is 5.92 Å². The molecule has 5 heteroatoms. The molecule has 0 bridgehead atoms. The molecule has 102 valence electrons. The lowest BCUT2D eigenvalue weighted by Gasteiger charge is -2.31. The number of nitrogens with zero attached hydrogens (tertiary/aromatic N) is 1. The molecule has 1 rings (SSSR count). The molecule has 1 aliphatic heterocycles. The highest BCUT2D eigenvalue weighted by molar-refractivity contribution is 5.69. The number of carboxylic acids is 1. The zero-order valence-electron chi connectivity index (χ0n) is 11.2. The fraction of sp³-hybridized carbons (Fsp3) is 0.692. The van der Waals surface area contributed by atoms with E-state index >= 15 is 0 Å². The molecule has 1 unspecified atom stereocenters. The molecule has 0 aromatic carbocycles. The Morgan fingerprint density at radius 1 is 1.44 bits per heavy atom. The van der Waals surface area contributed by atoms with E-state index in [4.69, 9.17) is 9.84 Å². The minimum absolute atomic E-state index is 0.0994. The van der Waals surface area contributed by atoms with Crippen molar-refractivity contribution in [3.05, 3.63) is 12.2 Å². The third kappa shape index (κ3) is 5.21. The average Bonchev–Trinajstić information content (AvgIpc) is 2.24. The summed E-state index contributed by atoms with van der Waals surface area (Å²) in [5.74, 6) is -0.708. The molecule has 1 aliphatic rings. The van der Waals surface area contributed by atoms with Crippen LogP contribution in [-0.4, -0.2) is 40.8 Å². The van der Waals surface area contributed by atoms with E-state index in [0.717, 1.165) is 0 Å². The lowest BCUT2D eigenvalue weighted by atomic mass is 9.99. The molecule has 5 nitrogen and oxygen atoms in total. The van der Waals surface area contributed by atoms with Gasteiger partial charge in [0.2, 0.25) is 0 Å². The van der Waals surface area contributed by atoms with Gasteiger partial charge in [0.15, 0.2) is 0 Å². The third-order valence-electron chi connectivity index (χ3n) is 2.57. The van der Waals surface area contributed by atoms with Crippen LogP contribution >= 0.6 is 0 Å². The second-order valence-corrected chi connectivity index (χ2v) is 5.51. The Hall–Kier alpha value is -1.52. The summed E-state index contributed by atoms with van der Waals surface area (Å²) < 4.78 is 5.29. The molecule has 18 heavy (non-hydrogen) atoms. The highest BCUT2D eigenvalue weighted by Gasteiger charge is 2.25. The standard InChI is InChI=1S/C13H21NO4/c1-13(2,3)18-12(17)14-8-4-5-10(9-14)6-7-11(15)16/h4-5,10H,6-9H2,1-3H3,(H,15,16). The number of carboxylic acid groups (broad SMARTS) is 1. The minimum atomic E-state index is -0.808. The second-order valence-electron chi connectivity index (χ2n) is 5.51. The Bertz CT molecular complexity index is 343. The molecule has 0 aromatic rings. The lowest BCUT2D eigenvalue weighted by molar-refractivity contribution is -0.137. The van der Waals surface area contributed by atoms with Crippen molar-refractivity contribution in [3.63, 3.8) is 0 Å². The van der Waals surface area contributed by atoms with Crippen molar-refractivity contribution >= 4 is 12.1 Å². The van der Waals surface area contributed by atoms with Crippen molar-refractivity contribution in [2.24, 2.45) is 5.92 Å². The monoisotopic (exact) mass is 255 g/mol. The van der Waals surface area contributed by atoms with E-state index in [1.807, 2.05) is 32.9 Å². The lowest BCUT2D eigenvalue weighted by Crippen LogP contribution is -2.41. The van der Waals surface area contributed by atoms with Gasteiger partial charge in [-0.2, -0.15) is 0 Å². The fourth-order valence-corrected chi connectivity index (χ4v) is 1.77. The molecule has 1 amide bonds. The Kier molecular flexibility index (Phi) is 4.76. The Morgan fingerprint density at radius 3 is 2.67 bits per heavy atom. The van der Waals surface area contributed by atoms with Gasteiger partial charge in [0.25, 0.3) is 0 Å². The first-order valence-electron chi connectivity index (χ1n) is 6.14. The Balaban J connectivity index is 2.48. The van der Waals surface area contributed by atoms with Crippen molar-refractivity contribution in [1.29, 1.82) is 0 Å². The maximum Gasteiger partial charge on any atom is 0.410 e. The minimum Gasteiger partial charge on any atom is -0.481 e. The van der Waals surface area contributed by atoms with Crippen molar-refractivity contribution in [3.8, 4) is 0 Å². The Labute approximate surface area is 107 Å². The Morgan fingerprint density at radius 2 is 2.11 bits per heavy atom. The fourth-order valence-electron chi connectivity index (χ4n) is 1.77. The van der Waals surface area contributed by atoms with E-state index in [2.05, 4.69) is 0 Å². The van der Waals surface area contributed by atoms with Gasteiger partial charge in [0.1, 0.15) is 5.60 Å². The zero-order chi connectivity index (χ0) is 13.8. The van der Waals surface area contributed by atoms with Crippen LogP contribution in [0.3, 0.4) is 0 Å². The van der Waals surface area contributed by atoms with Gasteiger partial charge in [0, 0.05) is 19.5 Å². The van der Waals surface area contributed by atoms with E-state index in [9.17, 15) is 9.59 Å². The number of hydrogen-bond acceptors (Lipinski definition) is 3. The topological polar surface area (TPSA) is 66.8 Å². The average molecular weight is 255 g/mol. The molecule has 0 saturated heterocycles. The predicted octanol–water partition coefficient (Wildman–Crippen LogP) is 2.27. The van der Waals surface area contributed by atoms with E-state index in [0.29, 0.717) is 19.5 Å². The molecular weight excluding hydrogens is 234 g/mol. The summed E-state index contributed by atoms with van der Waals surface area (Å²) >= 11 is 0. The van der Waals surface area contributed by atoms with Crippen LogP contribution in [0.5, 0.6) is 0 Å². The van der Waals surface area contributed by atoms with Gasteiger partial charge in [-0.1, -0.05) is 12.2 Å². The van der Waals surface area contributed by atoms with Gasteiger partial charge in [-0.05, 0) is 33.1 Å². The molecule has 1 heterocycles. The van der Waals surface area contributed by atoms with Crippen molar-refractivity contribution < 1.29 is 19.4 Å². The summed E-state index contributed by atoms with van der Waals surface area (Å²) in [5.41, 5.74) is -0.505. The summed E-state index contributed by atoms with van der Waals surface area (Å²) in [4.78, 5) is 24.0. The quantitative estimate of drug-likeness (QED) is 0.786. The summed E-state index contributed by atoms with van der Waals surface area (Å²) in [6.07, 6.45) is 4.19.